The third-order valence-electron chi connectivity index (χ3n) is 1.71. The van der Waals surface area contributed by atoms with Gasteiger partial charge in [-0.15, -0.1) is 0 Å². The zero-order chi connectivity index (χ0) is 10.6. The number of nitrogens with one attached hydrogen (secondary N) is 1. The Morgan fingerprint density at radius 1 is 1.79 bits per heavy atom. The van der Waals surface area contributed by atoms with Gasteiger partial charge in [-0.3, -0.25) is 4.79 Å². The van der Waals surface area contributed by atoms with E-state index in [0.29, 0.717) is 11.6 Å². The number of nitrogens with zero attached hydrogens (tertiary/aromatic N) is 1. The second-order valence-electron chi connectivity index (χ2n) is 3.07. The highest BCUT2D eigenvalue weighted by molar-refractivity contribution is 9.10. The van der Waals surface area contributed by atoms with Gasteiger partial charge in [0, 0.05) is 6.07 Å². The van der Waals surface area contributed by atoms with Gasteiger partial charge in [0.2, 0.25) is 5.91 Å². The van der Waals surface area contributed by atoms with Crippen molar-refractivity contribution in [2.75, 3.05) is 5.32 Å². The van der Waals surface area contributed by atoms with Crippen molar-refractivity contribution in [3.8, 4) is 0 Å². The topological polar surface area (TPSA) is 55.1 Å². The van der Waals surface area contributed by atoms with Gasteiger partial charge in [0.15, 0.2) is 5.82 Å². The average molecular weight is 261 g/mol. The van der Waals surface area contributed by atoms with E-state index in [4.69, 9.17) is 4.52 Å². The Morgan fingerprint density at radius 3 is 3.00 bits per heavy atom. The first-order valence-corrected chi connectivity index (χ1v) is 5.43. The van der Waals surface area contributed by atoms with Gasteiger partial charge in [-0.25, -0.2) is 0 Å². The molecule has 1 aromatic heterocycles. The lowest BCUT2D eigenvalue weighted by Gasteiger charge is -2.06. The summed E-state index contributed by atoms with van der Waals surface area (Å²) >= 11 is 3.30. The van der Waals surface area contributed by atoms with Gasteiger partial charge in [-0.2, -0.15) is 0 Å². The lowest BCUT2D eigenvalue weighted by molar-refractivity contribution is -0.115. The molecule has 0 radical (unpaired) electrons. The third-order valence-corrected chi connectivity index (χ3v) is 2.58. The smallest absolute Gasteiger partial charge is 0.239 e. The highest BCUT2D eigenvalue weighted by Gasteiger charge is 2.14. The quantitative estimate of drug-likeness (QED) is 0.847. The second-order valence-corrected chi connectivity index (χ2v) is 4.17. The Morgan fingerprint density at radius 2 is 2.50 bits per heavy atom. The predicted octanol–water partition coefficient (Wildman–Crippen LogP) is 2.49. The van der Waals surface area contributed by atoms with Crippen molar-refractivity contribution in [1.82, 2.24) is 5.16 Å². The first-order chi connectivity index (χ1) is 6.63. The van der Waals surface area contributed by atoms with Gasteiger partial charge in [0.25, 0.3) is 0 Å². The van der Waals surface area contributed by atoms with Crippen LogP contribution in [0.1, 0.15) is 25.5 Å². The van der Waals surface area contributed by atoms with Crippen LogP contribution in [0, 0.1) is 6.92 Å². The summed E-state index contributed by atoms with van der Waals surface area (Å²) in [6.07, 6.45) is 1.77. The van der Waals surface area contributed by atoms with Crippen LogP contribution in [-0.4, -0.2) is 15.9 Å². The second kappa shape index (κ2) is 5.14. The number of carbonyl (C=O) groups is 1. The summed E-state index contributed by atoms with van der Waals surface area (Å²) in [5.41, 5.74) is 0. The van der Waals surface area contributed by atoms with Crippen molar-refractivity contribution < 1.29 is 9.32 Å². The SMILES string of the molecule is CCCC(Br)C(=O)Nc1cc(C)on1. The van der Waals surface area contributed by atoms with Crippen LogP contribution in [0.2, 0.25) is 0 Å². The monoisotopic (exact) mass is 260 g/mol. The number of carbonyl (C=O) groups excluding carboxylic acids is 1. The number of alkyl halides is 1. The predicted molar refractivity (Wildman–Crippen MR) is 57.5 cm³/mol. The molecule has 0 saturated carbocycles. The van der Waals surface area contributed by atoms with E-state index in [0.717, 1.165) is 12.8 Å². The van der Waals surface area contributed by atoms with E-state index in [1.807, 2.05) is 6.92 Å². The molecule has 0 aliphatic heterocycles. The van der Waals surface area contributed by atoms with Gasteiger partial charge < -0.3 is 9.84 Å². The van der Waals surface area contributed by atoms with E-state index in [1.165, 1.54) is 0 Å². The van der Waals surface area contributed by atoms with Gasteiger partial charge in [0.05, 0.1) is 4.83 Å². The molecule has 1 rings (SSSR count). The first-order valence-electron chi connectivity index (χ1n) is 4.51. The molecule has 1 atom stereocenters. The zero-order valence-corrected chi connectivity index (χ0v) is 9.80. The molecule has 0 aliphatic rings. The number of hydrogen-bond acceptors (Lipinski definition) is 3. The summed E-state index contributed by atoms with van der Waals surface area (Å²) in [6, 6.07) is 1.68. The van der Waals surface area contributed by atoms with E-state index in [1.54, 1.807) is 13.0 Å². The summed E-state index contributed by atoms with van der Waals surface area (Å²) in [4.78, 5) is 11.3. The van der Waals surface area contributed by atoms with Crippen LogP contribution in [0.3, 0.4) is 0 Å². The van der Waals surface area contributed by atoms with Crippen LogP contribution in [-0.2, 0) is 4.79 Å². The Kier molecular flexibility index (Phi) is 4.13. The molecule has 5 heteroatoms. The fourth-order valence-electron chi connectivity index (χ4n) is 1.01. The highest BCUT2D eigenvalue weighted by Crippen LogP contribution is 2.12. The number of hydrogen-bond donors (Lipinski definition) is 1. The molecule has 1 heterocycles. The molecule has 0 saturated heterocycles. The molecule has 78 valence electrons. The lowest BCUT2D eigenvalue weighted by Crippen LogP contribution is -2.22. The molecular weight excluding hydrogens is 248 g/mol. The van der Waals surface area contributed by atoms with Crippen LogP contribution in [0.4, 0.5) is 5.82 Å². The number of amides is 1. The summed E-state index contributed by atoms with van der Waals surface area (Å²) in [7, 11) is 0. The van der Waals surface area contributed by atoms with Crippen molar-refractivity contribution in [3.05, 3.63) is 11.8 Å². The summed E-state index contributed by atoms with van der Waals surface area (Å²) in [5.74, 6) is 1.06. The average Bonchev–Trinajstić information content (AvgIpc) is 2.51. The van der Waals surface area contributed by atoms with Crippen LogP contribution >= 0.6 is 15.9 Å². The Hall–Kier alpha value is -0.840. The number of anilines is 1. The van der Waals surface area contributed by atoms with Crippen molar-refractivity contribution in [3.63, 3.8) is 0 Å². The molecule has 1 unspecified atom stereocenters. The zero-order valence-electron chi connectivity index (χ0n) is 8.21. The summed E-state index contributed by atoms with van der Waals surface area (Å²) in [5, 5.41) is 6.33. The number of rotatable bonds is 4. The molecule has 0 spiro atoms. The largest absolute Gasteiger partial charge is 0.360 e. The number of halogens is 1. The third kappa shape index (κ3) is 3.14. The van der Waals surface area contributed by atoms with Crippen molar-refractivity contribution in [2.24, 2.45) is 0 Å². The lowest BCUT2D eigenvalue weighted by atomic mass is 10.2. The maximum absolute atomic E-state index is 11.5. The molecule has 14 heavy (non-hydrogen) atoms. The van der Waals surface area contributed by atoms with E-state index < -0.39 is 0 Å². The van der Waals surface area contributed by atoms with Gasteiger partial charge in [0.1, 0.15) is 5.76 Å². The maximum Gasteiger partial charge on any atom is 0.239 e. The first kappa shape index (κ1) is 11.2. The van der Waals surface area contributed by atoms with Crippen molar-refractivity contribution in [2.45, 2.75) is 31.5 Å². The van der Waals surface area contributed by atoms with Crippen molar-refractivity contribution in [1.29, 1.82) is 0 Å². The molecule has 1 aromatic rings. The van der Waals surface area contributed by atoms with E-state index in [-0.39, 0.29) is 10.7 Å². The van der Waals surface area contributed by atoms with Crippen LogP contribution in [0.25, 0.3) is 0 Å². The van der Waals surface area contributed by atoms with Gasteiger partial charge in [-0.1, -0.05) is 34.4 Å². The van der Waals surface area contributed by atoms with Crippen LogP contribution in [0.15, 0.2) is 10.6 Å². The normalized spacial score (nSPS) is 12.5. The van der Waals surface area contributed by atoms with Crippen LogP contribution < -0.4 is 5.32 Å². The summed E-state index contributed by atoms with van der Waals surface area (Å²) in [6.45, 7) is 3.81. The van der Waals surface area contributed by atoms with Gasteiger partial charge >= 0.3 is 0 Å². The minimum atomic E-state index is -0.162. The Bertz CT molecular complexity index is 312. The minimum Gasteiger partial charge on any atom is -0.360 e. The standard InChI is InChI=1S/C9H13BrN2O2/c1-3-4-7(10)9(13)11-8-5-6(2)14-12-8/h5,7H,3-4H2,1-2H3,(H,11,12,13). The molecule has 0 bridgehead atoms. The molecule has 1 N–H and O–H groups in total. The number of aromatic nitrogens is 1. The number of aryl methyl sites for hydroxylation is 1. The van der Waals surface area contributed by atoms with Crippen molar-refractivity contribution >= 4 is 27.7 Å². The molecule has 0 aliphatic carbocycles. The van der Waals surface area contributed by atoms with E-state index in [2.05, 4.69) is 26.4 Å². The molecule has 4 nitrogen and oxygen atoms in total. The summed E-state index contributed by atoms with van der Waals surface area (Å²) < 4.78 is 4.83. The molecule has 0 fully saturated rings. The van der Waals surface area contributed by atoms with E-state index >= 15 is 0 Å². The Labute approximate surface area is 91.2 Å². The molecular formula is C9H13BrN2O2. The molecule has 0 aromatic carbocycles. The van der Waals surface area contributed by atoms with Gasteiger partial charge in [-0.05, 0) is 13.3 Å². The van der Waals surface area contributed by atoms with Crippen LogP contribution in [0.5, 0.6) is 0 Å². The highest BCUT2D eigenvalue weighted by atomic mass is 79.9. The van der Waals surface area contributed by atoms with E-state index in [9.17, 15) is 4.79 Å². The maximum atomic E-state index is 11.5. The fourth-order valence-corrected chi connectivity index (χ4v) is 1.59. The Balaban J connectivity index is 2.48. The fraction of sp³-hybridized carbons (Fsp3) is 0.556. The molecule has 1 amide bonds. The minimum absolute atomic E-state index is 0.0832.